The molecule has 0 N–H and O–H groups in total. The molecule has 30 heavy (non-hydrogen) atoms. The standard InChI is InChI=1S/C27H35NO2/c1-4-13-26(29-3)20-18-23(2)14-9-6-5-7-12-17-25-22-30-27(28-25)21-19-24-15-10-8-11-16-24/h4,6,8-12,14-17,19,21,25-26H,1,5,7,13,18,20,22H2,2-3H3/b9-6+,17-12-,21-19+,23-14+/t25-,26+/m1/s1. The quantitative estimate of drug-likeness (QED) is 0.207. The van der Waals surface area contributed by atoms with Crippen molar-refractivity contribution in [1.82, 2.24) is 0 Å². The van der Waals surface area contributed by atoms with Crippen molar-refractivity contribution in [2.75, 3.05) is 13.7 Å². The van der Waals surface area contributed by atoms with Crippen LogP contribution in [0.25, 0.3) is 6.08 Å². The van der Waals surface area contributed by atoms with Gasteiger partial charge in [-0.2, -0.15) is 0 Å². The molecule has 3 nitrogen and oxygen atoms in total. The Morgan fingerprint density at radius 1 is 1.23 bits per heavy atom. The van der Waals surface area contributed by atoms with Gasteiger partial charge in [-0.3, -0.25) is 0 Å². The maximum Gasteiger partial charge on any atom is 0.209 e. The lowest BCUT2D eigenvalue weighted by molar-refractivity contribution is 0.0981. The molecule has 1 aliphatic rings. The van der Waals surface area contributed by atoms with Crippen LogP contribution in [-0.4, -0.2) is 31.8 Å². The Labute approximate surface area is 182 Å². The molecule has 0 saturated heterocycles. The molecule has 1 aromatic carbocycles. The van der Waals surface area contributed by atoms with Crippen molar-refractivity contribution >= 4 is 12.0 Å². The fraction of sp³-hybridized carbons (Fsp3) is 0.370. The molecule has 2 rings (SSSR count). The first-order chi connectivity index (χ1) is 14.7. The van der Waals surface area contributed by atoms with Gasteiger partial charge < -0.3 is 9.47 Å². The van der Waals surface area contributed by atoms with Crippen molar-refractivity contribution in [2.24, 2.45) is 4.99 Å². The third-order valence-corrected chi connectivity index (χ3v) is 4.91. The number of ether oxygens (including phenoxy) is 2. The molecule has 0 aliphatic carbocycles. The van der Waals surface area contributed by atoms with Gasteiger partial charge in [0.2, 0.25) is 5.90 Å². The van der Waals surface area contributed by atoms with Gasteiger partial charge in [-0.05, 0) is 50.7 Å². The summed E-state index contributed by atoms with van der Waals surface area (Å²) >= 11 is 0. The molecule has 0 aromatic heterocycles. The number of benzene rings is 1. The predicted octanol–water partition coefficient (Wildman–Crippen LogP) is 6.71. The van der Waals surface area contributed by atoms with Crippen LogP contribution in [0.1, 0.15) is 44.6 Å². The molecule has 1 aliphatic heterocycles. The minimum atomic E-state index is 0.121. The smallest absolute Gasteiger partial charge is 0.209 e. The van der Waals surface area contributed by atoms with Gasteiger partial charge in [0.15, 0.2) is 0 Å². The van der Waals surface area contributed by atoms with Gasteiger partial charge in [0.25, 0.3) is 0 Å². The summed E-state index contributed by atoms with van der Waals surface area (Å²) in [5.74, 6) is 0.706. The highest BCUT2D eigenvalue weighted by molar-refractivity contribution is 5.93. The maximum atomic E-state index is 5.65. The molecule has 0 radical (unpaired) electrons. The van der Waals surface area contributed by atoms with Gasteiger partial charge in [-0.1, -0.05) is 72.4 Å². The lowest BCUT2D eigenvalue weighted by Crippen LogP contribution is -2.08. The van der Waals surface area contributed by atoms with Crippen molar-refractivity contribution in [3.63, 3.8) is 0 Å². The summed E-state index contributed by atoms with van der Waals surface area (Å²) < 4.78 is 11.1. The van der Waals surface area contributed by atoms with Crippen LogP contribution in [0.3, 0.4) is 0 Å². The van der Waals surface area contributed by atoms with Gasteiger partial charge >= 0.3 is 0 Å². The molecule has 0 amide bonds. The number of aliphatic imine (C=N–C) groups is 1. The van der Waals surface area contributed by atoms with E-state index in [0.717, 1.165) is 37.7 Å². The molecular formula is C27H35NO2. The average molecular weight is 406 g/mol. The monoisotopic (exact) mass is 405 g/mol. The van der Waals surface area contributed by atoms with Crippen LogP contribution in [0.15, 0.2) is 90.0 Å². The highest BCUT2D eigenvalue weighted by Gasteiger charge is 2.13. The zero-order valence-corrected chi connectivity index (χ0v) is 18.4. The largest absolute Gasteiger partial charge is 0.475 e. The zero-order valence-electron chi connectivity index (χ0n) is 18.4. The minimum absolute atomic E-state index is 0.121. The number of rotatable bonds is 13. The lowest BCUT2D eigenvalue weighted by atomic mass is 10.1. The Balaban J connectivity index is 1.64. The van der Waals surface area contributed by atoms with Crippen LogP contribution in [0.5, 0.6) is 0 Å². The normalized spacial score (nSPS) is 18.3. The maximum absolute atomic E-state index is 5.65. The van der Waals surface area contributed by atoms with E-state index in [-0.39, 0.29) is 12.1 Å². The molecular weight excluding hydrogens is 370 g/mol. The van der Waals surface area contributed by atoms with Crippen LogP contribution in [0.2, 0.25) is 0 Å². The molecule has 1 aromatic rings. The fourth-order valence-corrected chi connectivity index (χ4v) is 3.09. The van der Waals surface area contributed by atoms with Gasteiger partial charge in [0, 0.05) is 13.2 Å². The summed E-state index contributed by atoms with van der Waals surface area (Å²) in [6.07, 6.45) is 22.1. The van der Waals surface area contributed by atoms with Crippen LogP contribution in [0, 0.1) is 0 Å². The van der Waals surface area contributed by atoms with E-state index in [1.807, 2.05) is 36.4 Å². The van der Waals surface area contributed by atoms with Crippen LogP contribution in [0.4, 0.5) is 0 Å². The van der Waals surface area contributed by atoms with Crippen LogP contribution in [-0.2, 0) is 9.47 Å². The van der Waals surface area contributed by atoms with E-state index in [0.29, 0.717) is 12.5 Å². The van der Waals surface area contributed by atoms with Gasteiger partial charge in [0.05, 0.1) is 6.10 Å². The first-order valence-corrected chi connectivity index (χ1v) is 10.8. The number of unbranched alkanes of at least 4 members (excludes halogenated alkanes) is 1. The Morgan fingerprint density at radius 3 is 2.80 bits per heavy atom. The van der Waals surface area contributed by atoms with Crippen molar-refractivity contribution in [2.45, 2.75) is 51.2 Å². The number of allylic oxidation sites excluding steroid dienone is 5. The summed E-state index contributed by atoms with van der Waals surface area (Å²) in [4.78, 5) is 4.59. The van der Waals surface area contributed by atoms with E-state index in [2.05, 4.69) is 61.0 Å². The number of nitrogens with zero attached hydrogens (tertiary/aromatic N) is 1. The number of methoxy groups -OCH3 is 1. The van der Waals surface area contributed by atoms with Crippen LogP contribution < -0.4 is 0 Å². The van der Waals surface area contributed by atoms with Crippen molar-refractivity contribution in [1.29, 1.82) is 0 Å². The highest BCUT2D eigenvalue weighted by atomic mass is 16.5. The highest BCUT2D eigenvalue weighted by Crippen LogP contribution is 2.13. The molecule has 2 atom stereocenters. The van der Waals surface area contributed by atoms with E-state index in [1.165, 1.54) is 5.57 Å². The van der Waals surface area contributed by atoms with Crippen molar-refractivity contribution < 1.29 is 9.47 Å². The number of hydrogen-bond donors (Lipinski definition) is 0. The van der Waals surface area contributed by atoms with Crippen molar-refractivity contribution in [3.05, 3.63) is 90.6 Å². The molecule has 160 valence electrons. The predicted molar refractivity (Wildman–Crippen MR) is 129 cm³/mol. The van der Waals surface area contributed by atoms with E-state index < -0.39 is 0 Å². The first-order valence-electron chi connectivity index (χ1n) is 10.8. The summed E-state index contributed by atoms with van der Waals surface area (Å²) in [6.45, 7) is 6.58. The average Bonchev–Trinajstić information content (AvgIpc) is 3.23. The molecule has 0 spiro atoms. The second kappa shape index (κ2) is 14.4. The summed E-state index contributed by atoms with van der Waals surface area (Å²) in [5.41, 5.74) is 2.52. The third kappa shape index (κ3) is 9.71. The van der Waals surface area contributed by atoms with Gasteiger partial charge in [-0.25, -0.2) is 4.99 Å². The first kappa shape index (κ1) is 23.6. The molecule has 0 bridgehead atoms. The molecule has 0 unspecified atom stereocenters. The van der Waals surface area contributed by atoms with Gasteiger partial charge in [0.1, 0.15) is 12.6 Å². The molecule has 0 saturated carbocycles. The zero-order chi connectivity index (χ0) is 21.4. The van der Waals surface area contributed by atoms with E-state index in [4.69, 9.17) is 9.47 Å². The fourth-order valence-electron chi connectivity index (χ4n) is 3.09. The second-order valence-electron chi connectivity index (χ2n) is 7.46. The summed E-state index contributed by atoms with van der Waals surface area (Å²) in [6, 6.07) is 10.3. The molecule has 0 fully saturated rings. The van der Waals surface area contributed by atoms with E-state index in [9.17, 15) is 0 Å². The topological polar surface area (TPSA) is 30.8 Å². The van der Waals surface area contributed by atoms with E-state index in [1.54, 1.807) is 7.11 Å². The minimum Gasteiger partial charge on any atom is -0.475 e. The summed E-state index contributed by atoms with van der Waals surface area (Å²) in [5, 5.41) is 0. The third-order valence-electron chi connectivity index (χ3n) is 4.91. The Bertz CT molecular complexity index is 771. The Hall–Kier alpha value is -2.65. The van der Waals surface area contributed by atoms with Gasteiger partial charge in [-0.15, -0.1) is 6.58 Å². The Kier molecular flexibility index (Phi) is 11.3. The molecule has 1 heterocycles. The Morgan fingerprint density at radius 2 is 2.03 bits per heavy atom. The lowest BCUT2D eigenvalue weighted by Gasteiger charge is -2.12. The summed E-state index contributed by atoms with van der Waals surface area (Å²) in [7, 11) is 1.77. The van der Waals surface area contributed by atoms with Crippen molar-refractivity contribution in [3.8, 4) is 0 Å². The number of hydrogen-bond acceptors (Lipinski definition) is 3. The SMILES string of the molecule is C=CC[C@@H](CC/C(C)=C/C=C/CC/C=C\[C@@H]1COC(/C=C/c2ccccc2)=N1)OC. The van der Waals surface area contributed by atoms with E-state index >= 15 is 0 Å². The molecule has 3 heteroatoms. The second-order valence-corrected chi connectivity index (χ2v) is 7.46. The van der Waals surface area contributed by atoms with Crippen LogP contribution >= 0.6 is 0 Å².